The molecule has 3 nitrogen and oxygen atoms in total. The molecule has 1 rings (SSSR count). The van der Waals surface area contributed by atoms with Crippen LogP contribution in [0.25, 0.3) is 0 Å². The van der Waals surface area contributed by atoms with Crippen molar-refractivity contribution in [3.63, 3.8) is 0 Å². The molecule has 3 heteroatoms. The zero-order valence-corrected chi connectivity index (χ0v) is 8.59. The van der Waals surface area contributed by atoms with Gasteiger partial charge in [-0.1, -0.05) is 6.92 Å². The van der Waals surface area contributed by atoms with Crippen LogP contribution in [0.5, 0.6) is 0 Å². The van der Waals surface area contributed by atoms with Gasteiger partial charge >= 0.3 is 0 Å². The van der Waals surface area contributed by atoms with Crippen LogP contribution in [-0.4, -0.2) is 32.3 Å². The molecule has 0 aromatic heterocycles. The van der Waals surface area contributed by atoms with Crippen molar-refractivity contribution in [2.24, 2.45) is 11.7 Å². The van der Waals surface area contributed by atoms with Gasteiger partial charge in [0.1, 0.15) is 0 Å². The molecule has 1 aliphatic heterocycles. The van der Waals surface area contributed by atoms with E-state index in [1.165, 1.54) is 6.42 Å². The van der Waals surface area contributed by atoms with Gasteiger partial charge in [-0.3, -0.25) is 0 Å². The molecule has 78 valence electrons. The molecule has 1 aliphatic rings. The quantitative estimate of drug-likeness (QED) is 0.666. The van der Waals surface area contributed by atoms with E-state index in [0.717, 1.165) is 39.1 Å². The van der Waals surface area contributed by atoms with Gasteiger partial charge in [-0.2, -0.15) is 0 Å². The van der Waals surface area contributed by atoms with E-state index < -0.39 is 0 Å². The standard InChI is InChI=1S/C10H22N2O/c1-9(8-11)2-5-12-10-3-6-13-7-4-10/h9-10,12H,2-8,11H2,1H3. The molecule has 0 bridgehead atoms. The fourth-order valence-electron chi connectivity index (χ4n) is 1.55. The molecule has 1 saturated heterocycles. The number of ether oxygens (including phenoxy) is 1. The molecule has 1 unspecified atom stereocenters. The predicted molar refractivity (Wildman–Crippen MR) is 54.7 cm³/mol. The van der Waals surface area contributed by atoms with Gasteiger partial charge in [0.25, 0.3) is 0 Å². The molecule has 3 N–H and O–H groups in total. The summed E-state index contributed by atoms with van der Waals surface area (Å²) in [7, 11) is 0. The lowest BCUT2D eigenvalue weighted by Gasteiger charge is -2.23. The SMILES string of the molecule is CC(CN)CCNC1CCOCC1. The third kappa shape index (κ3) is 4.60. The first kappa shape index (κ1) is 11.0. The van der Waals surface area contributed by atoms with E-state index >= 15 is 0 Å². The smallest absolute Gasteiger partial charge is 0.0480 e. The molecule has 0 saturated carbocycles. The van der Waals surface area contributed by atoms with Crippen LogP contribution in [0.15, 0.2) is 0 Å². The van der Waals surface area contributed by atoms with Crippen LogP contribution >= 0.6 is 0 Å². The monoisotopic (exact) mass is 186 g/mol. The van der Waals surface area contributed by atoms with Crippen LogP contribution in [0.3, 0.4) is 0 Å². The highest BCUT2D eigenvalue weighted by Gasteiger charge is 2.12. The number of nitrogens with one attached hydrogen (secondary N) is 1. The van der Waals surface area contributed by atoms with E-state index in [1.807, 2.05) is 0 Å². The number of hydrogen-bond acceptors (Lipinski definition) is 3. The minimum Gasteiger partial charge on any atom is -0.381 e. The largest absolute Gasteiger partial charge is 0.381 e. The average Bonchev–Trinajstić information content (AvgIpc) is 2.19. The number of rotatable bonds is 5. The lowest BCUT2D eigenvalue weighted by molar-refractivity contribution is 0.0778. The Morgan fingerprint density at radius 1 is 1.46 bits per heavy atom. The second kappa shape index (κ2) is 6.35. The summed E-state index contributed by atoms with van der Waals surface area (Å²) in [5, 5.41) is 3.55. The lowest BCUT2D eigenvalue weighted by Crippen LogP contribution is -2.36. The summed E-state index contributed by atoms with van der Waals surface area (Å²) in [5.41, 5.74) is 5.54. The Morgan fingerprint density at radius 3 is 2.77 bits per heavy atom. The molecular formula is C10H22N2O. The second-order valence-corrected chi connectivity index (χ2v) is 3.97. The maximum atomic E-state index is 5.54. The predicted octanol–water partition coefficient (Wildman–Crippen LogP) is 0.740. The summed E-state index contributed by atoms with van der Waals surface area (Å²) in [6, 6.07) is 0.679. The Morgan fingerprint density at radius 2 is 2.15 bits per heavy atom. The van der Waals surface area contributed by atoms with Gasteiger partial charge in [0.15, 0.2) is 0 Å². The zero-order chi connectivity index (χ0) is 9.52. The van der Waals surface area contributed by atoms with Gasteiger partial charge < -0.3 is 15.8 Å². The molecule has 0 aromatic carbocycles. The molecule has 0 amide bonds. The van der Waals surface area contributed by atoms with E-state index in [1.54, 1.807) is 0 Å². The fraction of sp³-hybridized carbons (Fsp3) is 1.00. The van der Waals surface area contributed by atoms with Crippen LogP contribution in [0, 0.1) is 5.92 Å². The molecule has 0 spiro atoms. The normalized spacial score (nSPS) is 21.7. The minimum absolute atomic E-state index is 0.646. The molecule has 0 radical (unpaired) electrons. The summed E-state index contributed by atoms with van der Waals surface area (Å²) in [6.07, 6.45) is 3.52. The summed E-state index contributed by atoms with van der Waals surface area (Å²) in [5.74, 6) is 0.646. The van der Waals surface area contributed by atoms with Crippen molar-refractivity contribution < 1.29 is 4.74 Å². The fourth-order valence-corrected chi connectivity index (χ4v) is 1.55. The van der Waals surface area contributed by atoms with Crippen molar-refractivity contribution in [3.05, 3.63) is 0 Å². The highest BCUT2D eigenvalue weighted by atomic mass is 16.5. The Kier molecular flexibility index (Phi) is 5.35. The van der Waals surface area contributed by atoms with Gasteiger partial charge in [0.2, 0.25) is 0 Å². The van der Waals surface area contributed by atoms with E-state index in [0.29, 0.717) is 12.0 Å². The summed E-state index contributed by atoms with van der Waals surface area (Å²) in [4.78, 5) is 0. The van der Waals surface area contributed by atoms with Gasteiger partial charge in [0, 0.05) is 19.3 Å². The molecule has 0 aromatic rings. The molecule has 1 heterocycles. The molecule has 13 heavy (non-hydrogen) atoms. The molecule has 1 fully saturated rings. The van der Waals surface area contributed by atoms with Crippen LogP contribution < -0.4 is 11.1 Å². The molecule has 0 aliphatic carbocycles. The maximum Gasteiger partial charge on any atom is 0.0480 e. The van der Waals surface area contributed by atoms with Crippen molar-refractivity contribution in [1.82, 2.24) is 5.32 Å². The van der Waals surface area contributed by atoms with Gasteiger partial charge in [0.05, 0.1) is 0 Å². The van der Waals surface area contributed by atoms with Gasteiger partial charge in [-0.15, -0.1) is 0 Å². The Balaban J connectivity index is 1.98. The second-order valence-electron chi connectivity index (χ2n) is 3.97. The first-order valence-corrected chi connectivity index (χ1v) is 5.34. The average molecular weight is 186 g/mol. The highest BCUT2D eigenvalue weighted by Crippen LogP contribution is 2.06. The van der Waals surface area contributed by atoms with E-state index in [4.69, 9.17) is 10.5 Å². The van der Waals surface area contributed by atoms with Gasteiger partial charge in [-0.05, 0) is 38.3 Å². The lowest BCUT2D eigenvalue weighted by atomic mass is 10.1. The summed E-state index contributed by atoms with van der Waals surface area (Å²) >= 11 is 0. The van der Waals surface area contributed by atoms with Crippen molar-refractivity contribution in [2.45, 2.75) is 32.2 Å². The maximum absolute atomic E-state index is 5.54. The Hall–Kier alpha value is -0.120. The topological polar surface area (TPSA) is 47.3 Å². The first-order valence-electron chi connectivity index (χ1n) is 5.34. The van der Waals surface area contributed by atoms with Crippen molar-refractivity contribution in [1.29, 1.82) is 0 Å². The third-order valence-corrected chi connectivity index (χ3v) is 2.69. The summed E-state index contributed by atoms with van der Waals surface area (Å²) in [6.45, 7) is 5.94. The Labute approximate surface area is 81.0 Å². The van der Waals surface area contributed by atoms with Crippen LogP contribution in [0.4, 0.5) is 0 Å². The minimum atomic E-state index is 0.646. The van der Waals surface area contributed by atoms with E-state index in [-0.39, 0.29) is 0 Å². The van der Waals surface area contributed by atoms with Crippen molar-refractivity contribution in [2.75, 3.05) is 26.3 Å². The highest BCUT2D eigenvalue weighted by molar-refractivity contribution is 4.70. The van der Waals surface area contributed by atoms with Crippen molar-refractivity contribution >= 4 is 0 Å². The van der Waals surface area contributed by atoms with Crippen molar-refractivity contribution in [3.8, 4) is 0 Å². The van der Waals surface area contributed by atoms with Crippen LogP contribution in [0.2, 0.25) is 0 Å². The number of nitrogens with two attached hydrogens (primary N) is 1. The molecule has 1 atom stereocenters. The summed E-state index contributed by atoms with van der Waals surface area (Å²) < 4.78 is 5.29. The van der Waals surface area contributed by atoms with Gasteiger partial charge in [-0.25, -0.2) is 0 Å². The third-order valence-electron chi connectivity index (χ3n) is 2.69. The number of hydrogen-bond donors (Lipinski definition) is 2. The molecular weight excluding hydrogens is 164 g/mol. The Bertz CT molecular complexity index is 124. The van der Waals surface area contributed by atoms with E-state index in [2.05, 4.69) is 12.2 Å². The first-order chi connectivity index (χ1) is 6.33. The van der Waals surface area contributed by atoms with E-state index in [9.17, 15) is 0 Å². The van der Waals surface area contributed by atoms with Crippen LogP contribution in [0.1, 0.15) is 26.2 Å². The van der Waals surface area contributed by atoms with Crippen LogP contribution in [-0.2, 0) is 4.74 Å². The zero-order valence-electron chi connectivity index (χ0n) is 8.59.